The first kappa shape index (κ1) is 22.3. The van der Waals surface area contributed by atoms with E-state index in [4.69, 9.17) is 30.6 Å². The molecule has 1 saturated heterocycles. The summed E-state index contributed by atoms with van der Waals surface area (Å²) in [5.74, 6) is 0.558. The summed E-state index contributed by atoms with van der Waals surface area (Å²) in [6.07, 6.45) is 4.80. The maximum atomic E-state index is 6.41. The van der Waals surface area contributed by atoms with Crippen LogP contribution in [-0.2, 0) is 9.16 Å². The molecule has 1 aliphatic heterocycles. The standard InChI is InChI=1S/C19H29ClIN3O3Si/c1-19(2,3)28(4,5)27-11-10-26-16-15-13(12-22-17(16)20)18(21)23-24(15)14-8-6-7-9-25-14/h12,14H,6-11H2,1-5H3. The lowest BCUT2D eigenvalue weighted by molar-refractivity contribution is -0.0370. The maximum Gasteiger partial charge on any atom is 0.192 e. The van der Waals surface area contributed by atoms with E-state index in [-0.39, 0.29) is 11.3 Å². The molecule has 2 aromatic rings. The molecule has 6 nitrogen and oxygen atoms in total. The van der Waals surface area contributed by atoms with Crippen LogP contribution in [0.2, 0.25) is 23.3 Å². The molecule has 9 heteroatoms. The average Bonchev–Trinajstić information content (AvgIpc) is 2.97. The van der Waals surface area contributed by atoms with Gasteiger partial charge in [0.25, 0.3) is 0 Å². The molecule has 1 atom stereocenters. The van der Waals surface area contributed by atoms with Gasteiger partial charge >= 0.3 is 0 Å². The quantitative estimate of drug-likeness (QED) is 0.202. The summed E-state index contributed by atoms with van der Waals surface area (Å²) >= 11 is 8.63. The van der Waals surface area contributed by atoms with Crippen LogP contribution in [0.15, 0.2) is 6.20 Å². The van der Waals surface area contributed by atoms with Crippen molar-refractivity contribution in [1.82, 2.24) is 14.8 Å². The van der Waals surface area contributed by atoms with Crippen LogP contribution >= 0.6 is 34.2 Å². The molecule has 0 saturated carbocycles. The highest BCUT2D eigenvalue weighted by Gasteiger charge is 2.37. The third-order valence-corrected chi connectivity index (χ3v) is 11.2. The fourth-order valence-corrected chi connectivity index (χ4v) is 4.79. The van der Waals surface area contributed by atoms with Gasteiger partial charge in [-0.05, 0) is 60.0 Å². The highest BCUT2D eigenvalue weighted by Crippen LogP contribution is 2.38. The third kappa shape index (κ3) is 4.66. The molecular weight excluding hydrogens is 509 g/mol. The minimum Gasteiger partial charge on any atom is -0.486 e. The van der Waals surface area contributed by atoms with Crippen molar-refractivity contribution in [2.24, 2.45) is 0 Å². The van der Waals surface area contributed by atoms with Crippen LogP contribution in [0.4, 0.5) is 0 Å². The molecule has 28 heavy (non-hydrogen) atoms. The van der Waals surface area contributed by atoms with E-state index < -0.39 is 8.32 Å². The van der Waals surface area contributed by atoms with E-state index in [1.54, 1.807) is 6.20 Å². The van der Waals surface area contributed by atoms with Crippen molar-refractivity contribution >= 4 is 53.4 Å². The normalized spacial score (nSPS) is 18.6. The molecule has 0 amide bonds. The molecule has 3 heterocycles. The van der Waals surface area contributed by atoms with Crippen LogP contribution in [0.3, 0.4) is 0 Å². The SMILES string of the molecule is CC(C)(C)[Si](C)(C)OCCOc1c(Cl)ncc2c(I)nn(C3CCCCO3)c12. The van der Waals surface area contributed by atoms with E-state index >= 15 is 0 Å². The van der Waals surface area contributed by atoms with Gasteiger partial charge in [-0.3, -0.25) is 0 Å². The highest BCUT2D eigenvalue weighted by atomic mass is 127. The van der Waals surface area contributed by atoms with E-state index in [0.717, 1.165) is 40.5 Å². The van der Waals surface area contributed by atoms with Crippen molar-refractivity contribution in [3.63, 3.8) is 0 Å². The van der Waals surface area contributed by atoms with Crippen molar-refractivity contribution in [2.75, 3.05) is 19.8 Å². The Hall–Kier alpha value is -0.423. The second-order valence-corrected chi connectivity index (χ2v) is 14.8. The molecule has 0 aliphatic carbocycles. The Labute approximate surface area is 186 Å². The van der Waals surface area contributed by atoms with Crippen LogP contribution in [0.1, 0.15) is 46.3 Å². The number of rotatable bonds is 6. The van der Waals surface area contributed by atoms with Gasteiger partial charge in [-0.2, -0.15) is 5.10 Å². The van der Waals surface area contributed by atoms with Crippen molar-refractivity contribution in [3.05, 3.63) is 15.1 Å². The minimum absolute atomic E-state index is 0.0935. The largest absolute Gasteiger partial charge is 0.486 e. The van der Waals surface area contributed by atoms with Crippen molar-refractivity contribution in [1.29, 1.82) is 0 Å². The highest BCUT2D eigenvalue weighted by molar-refractivity contribution is 14.1. The van der Waals surface area contributed by atoms with Crippen LogP contribution in [0.25, 0.3) is 10.9 Å². The number of hydrogen-bond donors (Lipinski definition) is 0. The van der Waals surface area contributed by atoms with Gasteiger partial charge in [0.1, 0.15) is 15.8 Å². The fourth-order valence-electron chi connectivity index (χ4n) is 2.95. The zero-order chi connectivity index (χ0) is 20.5. The van der Waals surface area contributed by atoms with Gasteiger partial charge in [-0.25, -0.2) is 9.67 Å². The molecule has 1 aliphatic rings. The van der Waals surface area contributed by atoms with Gasteiger partial charge in [0.05, 0.1) is 12.0 Å². The van der Waals surface area contributed by atoms with Gasteiger partial charge < -0.3 is 13.9 Å². The van der Waals surface area contributed by atoms with Gasteiger partial charge in [-0.15, -0.1) is 0 Å². The van der Waals surface area contributed by atoms with Gasteiger partial charge in [0, 0.05) is 12.8 Å². The monoisotopic (exact) mass is 537 g/mol. The Morgan fingerprint density at radius 1 is 1.32 bits per heavy atom. The van der Waals surface area contributed by atoms with Crippen molar-refractivity contribution in [3.8, 4) is 5.75 Å². The summed E-state index contributed by atoms with van der Waals surface area (Å²) in [6, 6.07) is 0. The summed E-state index contributed by atoms with van der Waals surface area (Å²) in [6.45, 7) is 12.8. The molecule has 3 rings (SSSR count). The maximum absolute atomic E-state index is 6.41. The number of fused-ring (bicyclic) bond motifs is 1. The number of pyridine rings is 1. The average molecular weight is 538 g/mol. The van der Waals surface area contributed by atoms with Gasteiger partial charge in [-0.1, -0.05) is 32.4 Å². The van der Waals surface area contributed by atoms with Crippen LogP contribution in [0, 0.1) is 3.70 Å². The summed E-state index contributed by atoms with van der Waals surface area (Å²) in [7, 11) is -1.81. The van der Waals surface area contributed by atoms with Crippen molar-refractivity contribution < 1.29 is 13.9 Å². The lowest BCUT2D eigenvalue weighted by Gasteiger charge is -2.36. The molecule has 1 unspecified atom stereocenters. The first-order valence-corrected chi connectivity index (χ1v) is 14.1. The second-order valence-electron chi connectivity index (χ2n) is 8.65. The molecule has 0 aromatic carbocycles. The van der Waals surface area contributed by atoms with Gasteiger partial charge in [0.2, 0.25) is 0 Å². The summed E-state index contributed by atoms with van der Waals surface area (Å²) < 4.78 is 21.0. The minimum atomic E-state index is -1.81. The second kappa shape index (κ2) is 8.75. The number of halogens is 2. The van der Waals surface area contributed by atoms with E-state index in [1.807, 2.05) is 4.68 Å². The van der Waals surface area contributed by atoms with Crippen LogP contribution in [-0.4, -0.2) is 42.9 Å². The predicted molar refractivity (Wildman–Crippen MR) is 123 cm³/mol. The summed E-state index contributed by atoms with van der Waals surface area (Å²) in [5, 5.41) is 6.13. The Morgan fingerprint density at radius 3 is 2.71 bits per heavy atom. The Morgan fingerprint density at radius 2 is 2.07 bits per heavy atom. The Kier molecular flexibility index (Phi) is 6.96. The molecule has 2 aromatic heterocycles. The fraction of sp³-hybridized carbons (Fsp3) is 0.684. The molecule has 156 valence electrons. The third-order valence-electron chi connectivity index (χ3n) is 5.64. The Bertz CT molecular complexity index is 832. The molecule has 0 bridgehead atoms. The van der Waals surface area contributed by atoms with E-state index in [2.05, 4.69) is 61.4 Å². The zero-order valence-electron chi connectivity index (χ0n) is 17.2. The zero-order valence-corrected chi connectivity index (χ0v) is 21.1. The van der Waals surface area contributed by atoms with E-state index in [0.29, 0.717) is 24.1 Å². The van der Waals surface area contributed by atoms with Crippen LogP contribution in [0.5, 0.6) is 5.75 Å². The smallest absolute Gasteiger partial charge is 0.192 e. The Balaban J connectivity index is 1.81. The molecular formula is C19H29ClIN3O3Si. The van der Waals surface area contributed by atoms with E-state index in [1.165, 1.54) is 0 Å². The number of ether oxygens (including phenoxy) is 2. The molecule has 0 N–H and O–H groups in total. The molecule has 0 radical (unpaired) electrons. The topological polar surface area (TPSA) is 58.4 Å². The molecule has 0 spiro atoms. The summed E-state index contributed by atoms with van der Waals surface area (Å²) in [4.78, 5) is 4.30. The first-order chi connectivity index (χ1) is 13.1. The van der Waals surface area contributed by atoms with Crippen molar-refractivity contribution in [2.45, 2.75) is 64.4 Å². The lowest BCUT2D eigenvalue weighted by atomic mass is 10.2. The lowest BCUT2D eigenvalue weighted by Crippen LogP contribution is -2.41. The van der Waals surface area contributed by atoms with E-state index in [9.17, 15) is 0 Å². The van der Waals surface area contributed by atoms with Gasteiger partial charge in [0.15, 0.2) is 25.4 Å². The predicted octanol–water partition coefficient (Wildman–Crippen LogP) is 5.79. The number of hydrogen-bond acceptors (Lipinski definition) is 5. The number of aromatic nitrogens is 3. The summed E-state index contributed by atoms with van der Waals surface area (Å²) in [5.41, 5.74) is 0.851. The first-order valence-electron chi connectivity index (χ1n) is 9.72. The van der Waals surface area contributed by atoms with Crippen LogP contribution < -0.4 is 4.74 Å². The number of nitrogens with zero attached hydrogens (tertiary/aromatic N) is 3. The molecule has 1 fully saturated rings.